The van der Waals surface area contributed by atoms with Gasteiger partial charge in [0.15, 0.2) is 5.76 Å². The zero-order valence-electron chi connectivity index (χ0n) is 14.4. The first-order valence-electron chi connectivity index (χ1n) is 7.94. The maximum absolute atomic E-state index is 12.8. The zero-order valence-corrected chi connectivity index (χ0v) is 15.2. The van der Waals surface area contributed by atoms with Gasteiger partial charge in [0.2, 0.25) is 15.3 Å². The van der Waals surface area contributed by atoms with Crippen molar-refractivity contribution in [1.29, 1.82) is 0 Å². The third-order valence-corrected chi connectivity index (χ3v) is 6.51. The lowest BCUT2D eigenvalue weighted by Crippen LogP contribution is -2.59. The average molecular weight is 383 g/mol. The molecule has 3 heterocycles. The largest absolute Gasteiger partial charge is 0.500 e. The van der Waals surface area contributed by atoms with Gasteiger partial charge in [0.25, 0.3) is 5.91 Å². The first-order chi connectivity index (χ1) is 12.2. The molecule has 0 N–H and O–H groups in total. The minimum atomic E-state index is -4.00. The van der Waals surface area contributed by atoms with E-state index in [0.29, 0.717) is 0 Å². The molecule has 1 fully saturated rings. The van der Waals surface area contributed by atoms with E-state index in [9.17, 15) is 22.8 Å². The Bertz CT molecular complexity index is 868. The Morgan fingerprint density at radius 2 is 1.88 bits per heavy atom. The first kappa shape index (κ1) is 18.3. The van der Waals surface area contributed by atoms with Crippen molar-refractivity contribution >= 4 is 34.1 Å². The van der Waals surface area contributed by atoms with Crippen molar-refractivity contribution in [2.24, 2.45) is 0 Å². The molecule has 0 aliphatic carbocycles. The second kappa shape index (κ2) is 6.65. The molecule has 3 rings (SSSR count). The summed E-state index contributed by atoms with van der Waals surface area (Å²) >= 11 is 0. The van der Waals surface area contributed by atoms with Gasteiger partial charge in [-0.2, -0.15) is 14.0 Å². The zero-order chi connectivity index (χ0) is 19.1. The summed E-state index contributed by atoms with van der Waals surface area (Å²) < 4.78 is 33.0. The van der Waals surface area contributed by atoms with Crippen molar-refractivity contribution in [1.82, 2.24) is 14.1 Å². The van der Waals surface area contributed by atoms with Crippen LogP contribution in [0.2, 0.25) is 0 Å². The van der Waals surface area contributed by atoms with Gasteiger partial charge in [-0.1, -0.05) is 0 Å². The smallest absolute Gasteiger partial charge is 0.459 e. The molecule has 1 atom stereocenters. The molecular formula is C15H19N4O6S+. The van der Waals surface area contributed by atoms with Crippen molar-refractivity contribution in [3.63, 3.8) is 0 Å². The summed E-state index contributed by atoms with van der Waals surface area (Å²) in [6, 6.07) is 2.56. The summed E-state index contributed by atoms with van der Waals surface area (Å²) in [6.07, 6.45) is 2.51. The Labute approximate surface area is 150 Å². The van der Waals surface area contributed by atoms with E-state index in [4.69, 9.17) is 4.42 Å². The summed E-state index contributed by atoms with van der Waals surface area (Å²) in [4.78, 5) is 38.6. The van der Waals surface area contributed by atoms with Crippen LogP contribution in [0.5, 0.6) is 0 Å². The van der Waals surface area contributed by atoms with Crippen molar-refractivity contribution in [3.8, 4) is 0 Å². The highest BCUT2D eigenvalue weighted by Gasteiger charge is 2.48. The van der Waals surface area contributed by atoms with Crippen LogP contribution in [0.3, 0.4) is 0 Å². The molecule has 1 aromatic heterocycles. The predicted octanol–water partition coefficient (Wildman–Crippen LogP) is -0.959. The topological polar surface area (TPSA) is 111 Å². The van der Waals surface area contributed by atoms with Gasteiger partial charge in [-0.3, -0.25) is 4.79 Å². The number of urea groups is 1. The van der Waals surface area contributed by atoms with Gasteiger partial charge < -0.3 is 9.32 Å². The quantitative estimate of drug-likeness (QED) is 0.622. The molecule has 0 spiro atoms. The molecule has 10 nitrogen and oxygen atoms in total. The molecule has 1 unspecified atom stereocenters. The normalized spacial score (nSPS) is 22.5. The number of nitrogens with zero attached hydrogens (tertiary/aromatic N) is 4. The van der Waals surface area contributed by atoms with Crippen LogP contribution in [0.25, 0.3) is 0 Å². The van der Waals surface area contributed by atoms with Crippen molar-refractivity contribution in [2.75, 3.05) is 40.3 Å². The van der Waals surface area contributed by atoms with Gasteiger partial charge in [0.05, 0.1) is 20.4 Å². The van der Waals surface area contributed by atoms with Gasteiger partial charge in [-0.15, -0.1) is 0 Å². The van der Waals surface area contributed by atoms with Gasteiger partial charge in [-0.05, 0) is 12.1 Å². The summed E-state index contributed by atoms with van der Waals surface area (Å²) in [5.74, 6) is -0.904. The molecule has 1 aromatic rings. The van der Waals surface area contributed by atoms with Crippen LogP contribution < -0.4 is 0 Å². The third kappa shape index (κ3) is 3.03. The summed E-state index contributed by atoms with van der Waals surface area (Å²) in [5.41, 5.74) is 0. The van der Waals surface area contributed by atoms with E-state index in [1.165, 1.54) is 29.6 Å². The number of amides is 4. The number of imide groups is 1. The lowest BCUT2D eigenvalue weighted by atomic mass is 10.3. The molecule has 0 bridgehead atoms. The van der Waals surface area contributed by atoms with E-state index in [0.717, 1.165) is 15.7 Å². The maximum atomic E-state index is 12.8. The van der Waals surface area contributed by atoms with Gasteiger partial charge in [0.1, 0.15) is 6.21 Å². The number of carbonyl (C=O) groups excluding carboxylic acids is 3. The number of carbonyl (C=O) groups is 3. The molecule has 11 heteroatoms. The molecule has 0 radical (unpaired) electrons. The van der Waals surface area contributed by atoms with E-state index < -0.39 is 27.2 Å². The van der Waals surface area contributed by atoms with Crippen LogP contribution in [0.15, 0.2) is 22.8 Å². The van der Waals surface area contributed by atoms with E-state index in [1.807, 2.05) is 0 Å². The summed E-state index contributed by atoms with van der Waals surface area (Å²) in [5, 5.41) is -1.46. The lowest BCUT2D eigenvalue weighted by Gasteiger charge is -2.34. The van der Waals surface area contributed by atoms with E-state index >= 15 is 0 Å². The second-order valence-electron chi connectivity index (χ2n) is 6.07. The number of sulfonamides is 1. The van der Waals surface area contributed by atoms with Gasteiger partial charge >= 0.3 is 11.9 Å². The number of rotatable bonds is 3. The number of piperazine rings is 1. The van der Waals surface area contributed by atoms with Gasteiger partial charge in [0, 0.05) is 26.2 Å². The van der Waals surface area contributed by atoms with Crippen molar-refractivity contribution in [3.05, 3.63) is 24.2 Å². The highest BCUT2D eigenvalue weighted by Crippen LogP contribution is 2.17. The molecule has 4 amide bonds. The van der Waals surface area contributed by atoms with Crippen LogP contribution in [0, 0.1) is 0 Å². The predicted molar refractivity (Wildman–Crippen MR) is 89.3 cm³/mol. The highest BCUT2D eigenvalue weighted by molar-refractivity contribution is 7.91. The molecule has 140 valence electrons. The maximum Gasteiger partial charge on any atom is 0.500 e. The van der Waals surface area contributed by atoms with E-state index in [-0.39, 0.29) is 37.8 Å². The number of hydrogen-bond acceptors (Lipinski definition) is 6. The Morgan fingerprint density at radius 3 is 2.46 bits per heavy atom. The Hall–Kier alpha value is -2.53. The van der Waals surface area contributed by atoms with E-state index in [2.05, 4.69) is 0 Å². The van der Waals surface area contributed by atoms with Crippen LogP contribution in [-0.4, -0.2) is 96.7 Å². The highest BCUT2D eigenvalue weighted by atomic mass is 32.2. The summed E-state index contributed by atoms with van der Waals surface area (Å²) in [7, 11) is -1.35. The Kier molecular flexibility index (Phi) is 4.67. The van der Waals surface area contributed by atoms with Crippen LogP contribution in [0.4, 0.5) is 4.79 Å². The fraction of sp³-hybridized carbons (Fsp3) is 0.467. The van der Waals surface area contributed by atoms with Crippen LogP contribution in [0.1, 0.15) is 10.6 Å². The SMILES string of the molecule is CN1C(=O)C(S(=O)(=O)N2CCN(C(=O)c3ccco3)CC2)C=[N+](C)C1=O. The molecular weight excluding hydrogens is 364 g/mol. The van der Waals surface area contributed by atoms with E-state index in [1.54, 1.807) is 12.1 Å². The van der Waals surface area contributed by atoms with Gasteiger partial charge in [-0.25, -0.2) is 17.8 Å². The molecule has 1 saturated heterocycles. The fourth-order valence-corrected chi connectivity index (χ4v) is 4.66. The van der Waals surface area contributed by atoms with Crippen molar-refractivity contribution in [2.45, 2.75) is 5.25 Å². The lowest BCUT2D eigenvalue weighted by molar-refractivity contribution is -0.399. The molecule has 0 aromatic carbocycles. The standard InChI is InChI=1S/C15H19N4O6S/c1-16-10-12(14(21)17(2)15(16)22)26(23,24)19-7-5-18(6-8-19)13(20)11-4-3-9-25-11/h3-4,9-10,12H,5-8H2,1-2H3/q+1. The molecule has 2 aliphatic heterocycles. The Morgan fingerprint density at radius 1 is 1.23 bits per heavy atom. The summed E-state index contributed by atoms with van der Waals surface area (Å²) in [6.45, 7) is 0.496. The van der Waals surface area contributed by atoms with Crippen molar-refractivity contribution < 1.29 is 31.8 Å². The monoisotopic (exact) mass is 383 g/mol. The van der Waals surface area contributed by atoms with Crippen LogP contribution >= 0.6 is 0 Å². The second-order valence-corrected chi connectivity index (χ2v) is 8.13. The molecule has 2 aliphatic rings. The minimum Gasteiger partial charge on any atom is -0.459 e. The fourth-order valence-electron chi connectivity index (χ4n) is 2.92. The number of hydrogen-bond donors (Lipinski definition) is 0. The molecule has 0 saturated carbocycles. The molecule has 26 heavy (non-hydrogen) atoms. The van der Waals surface area contributed by atoms with Crippen LogP contribution in [-0.2, 0) is 14.8 Å². The minimum absolute atomic E-state index is 0.0633. The third-order valence-electron chi connectivity index (χ3n) is 4.46. The average Bonchev–Trinajstić information content (AvgIpc) is 3.17. The number of furan rings is 1. The Balaban J connectivity index is 1.73. The first-order valence-corrected chi connectivity index (χ1v) is 9.45.